The van der Waals surface area contributed by atoms with E-state index in [1.165, 1.54) is 0 Å². The average Bonchev–Trinajstić information content (AvgIpc) is 2.14. The highest BCUT2D eigenvalue weighted by atomic mass is 16.5. The molecule has 0 radical (unpaired) electrons. The van der Waals surface area contributed by atoms with Crippen molar-refractivity contribution in [2.24, 2.45) is 0 Å². The van der Waals surface area contributed by atoms with E-state index in [0.717, 1.165) is 17.5 Å². The predicted octanol–water partition coefficient (Wildman–Crippen LogP) is 2.96. The van der Waals surface area contributed by atoms with Crippen molar-refractivity contribution in [3.8, 4) is 11.8 Å². The molecule has 0 bridgehead atoms. The monoisotopic (exact) mass is 189 g/mol. The molecule has 0 saturated heterocycles. The van der Waals surface area contributed by atoms with Gasteiger partial charge in [0, 0.05) is 0 Å². The van der Waals surface area contributed by atoms with Crippen LogP contribution in [0.1, 0.15) is 30.0 Å². The van der Waals surface area contributed by atoms with Crippen molar-refractivity contribution in [2.75, 3.05) is 6.61 Å². The van der Waals surface area contributed by atoms with Gasteiger partial charge in [0.25, 0.3) is 0 Å². The molecule has 0 heterocycles. The smallest absolute Gasteiger partial charge is 0.137 e. The van der Waals surface area contributed by atoms with Crippen LogP contribution in [0.4, 0.5) is 0 Å². The number of ether oxygens (including phenoxy) is 1. The molecule has 1 rings (SSSR count). The summed E-state index contributed by atoms with van der Waals surface area (Å²) >= 11 is 0. The van der Waals surface area contributed by atoms with E-state index >= 15 is 0 Å². The fourth-order valence-corrected chi connectivity index (χ4v) is 1.40. The zero-order valence-corrected chi connectivity index (χ0v) is 8.92. The lowest BCUT2D eigenvalue weighted by Crippen LogP contribution is -1.99. The molecule has 0 spiro atoms. The zero-order chi connectivity index (χ0) is 10.6. The van der Waals surface area contributed by atoms with E-state index in [4.69, 9.17) is 10.00 Å². The Bertz CT molecular complexity index is 363. The van der Waals surface area contributed by atoms with Crippen molar-refractivity contribution < 1.29 is 4.74 Å². The van der Waals surface area contributed by atoms with Gasteiger partial charge < -0.3 is 4.74 Å². The van der Waals surface area contributed by atoms with Crippen LogP contribution in [0.25, 0.3) is 0 Å². The fraction of sp³-hybridized carbons (Fsp3) is 0.417. The van der Waals surface area contributed by atoms with E-state index in [2.05, 4.69) is 13.0 Å². The first-order chi connectivity index (χ1) is 6.69. The highest BCUT2D eigenvalue weighted by Gasteiger charge is 2.06. The molecule has 0 amide bonds. The van der Waals surface area contributed by atoms with Crippen LogP contribution in [0, 0.1) is 25.2 Å². The third-order valence-corrected chi connectivity index (χ3v) is 2.02. The fourth-order valence-electron chi connectivity index (χ4n) is 1.40. The number of aryl methyl sites for hydroxylation is 2. The normalized spacial score (nSPS) is 9.57. The van der Waals surface area contributed by atoms with Crippen LogP contribution < -0.4 is 4.74 Å². The third-order valence-electron chi connectivity index (χ3n) is 2.02. The molecule has 2 nitrogen and oxygen atoms in total. The standard InChI is InChI=1S/C12H15NO/c1-4-5-14-12-7-9(2)6-10(3)11(12)8-13/h6-7H,4-5H2,1-3H3. The van der Waals surface area contributed by atoms with Crippen molar-refractivity contribution in [2.45, 2.75) is 27.2 Å². The van der Waals surface area contributed by atoms with Crippen LogP contribution in [-0.4, -0.2) is 6.61 Å². The Morgan fingerprint density at radius 3 is 2.64 bits per heavy atom. The molecular formula is C12H15NO. The van der Waals surface area contributed by atoms with Crippen molar-refractivity contribution in [1.82, 2.24) is 0 Å². The third kappa shape index (κ3) is 2.26. The first-order valence-electron chi connectivity index (χ1n) is 4.83. The summed E-state index contributed by atoms with van der Waals surface area (Å²) in [5.74, 6) is 0.715. The summed E-state index contributed by atoms with van der Waals surface area (Å²) in [6.45, 7) is 6.66. The Hall–Kier alpha value is -1.49. The summed E-state index contributed by atoms with van der Waals surface area (Å²) in [6, 6.07) is 6.09. The highest BCUT2D eigenvalue weighted by Crippen LogP contribution is 2.23. The van der Waals surface area contributed by atoms with E-state index in [0.29, 0.717) is 17.9 Å². The van der Waals surface area contributed by atoms with Crippen molar-refractivity contribution in [1.29, 1.82) is 5.26 Å². The van der Waals surface area contributed by atoms with E-state index < -0.39 is 0 Å². The average molecular weight is 189 g/mol. The lowest BCUT2D eigenvalue weighted by molar-refractivity contribution is 0.316. The first kappa shape index (κ1) is 10.6. The maximum Gasteiger partial charge on any atom is 0.137 e. The number of nitriles is 1. The summed E-state index contributed by atoms with van der Waals surface area (Å²) in [5, 5.41) is 8.96. The van der Waals surface area contributed by atoms with Crippen LogP contribution in [-0.2, 0) is 0 Å². The topological polar surface area (TPSA) is 33.0 Å². The molecule has 0 saturated carbocycles. The minimum Gasteiger partial charge on any atom is -0.492 e. The zero-order valence-electron chi connectivity index (χ0n) is 8.92. The molecular weight excluding hydrogens is 174 g/mol. The lowest BCUT2D eigenvalue weighted by atomic mass is 10.1. The molecule has 0 aliphatic carbocycles. The van der Waals surface area contributed by atoms with Crippen LogP contribution in [0.2, 0.25) is 0 Å². The Morgan fingerprint density at radius 2 is 2.07 bits per heavy atom. The van der Waals surface area contributed by atoms with Crippen molar-refractivity contribution in [3.05, 3.63) is 28.8 Å². The Morgan fingerprint density at radius 1 is 1.36 bits per heavy atom. The summed E-state index contributed by atoms with van der Waals surface area (Å²) in [7, 11) is 0. The van der Waals surface area contributed by atoms with E-state index in [-0.39, 0.29) is 0 Å². The van der Waals surface area contributed by atoms with Crippen LogP contribution in [0.5, 0.6) is 5.75 Å². The van der Waals surface area contributed by atoms with Gasteiger partial charge in [-0.3, -0.25) is 0 Å². The van der Waals surface area contributed by atoms with E-state index in [9.17, 15) is 0 Å². The molecule has 74 valence electrons. The van der Waals surface area contributed by atoms with Gasteiger partial charge in [0.15, 0.2) is 0 Å². The minimum absolute atomic E-state index is 0.657. The predicted molar refractivity (Wildman–Crippen MR) is 56.4 cm³/mol. The molecule has 0 aliphatic heterocycles. The number of benzene rings is 1. The van der Waals surface area contributed by atoms with Crippen molar-refractivity contribution in [3.63, 3.8) is 0 Å². The molecule has 0 fully saturated rings. The highest BCUT2D eigenvalue weighted by molar-refractivity contribution is 5.50. The Balaban J connectivity index is 3.07. The second-order valence-electron chi connectivity index (χ2n) is 3.42. The molecule has 0 unspecified atom stereocenters. The number of hydrogen-bond acceptors (Lipinski definition) is 2. The largest absolute Gasteiger partial charge is 0.492 e. The van der Waals surface area contributed by atoms with Crippen LogP contribution in [0.3, 0.4) is 0 Å². The SMILES string of the molecule is CCCOc1cc(C)cc(C)c1C#N. The number of rotatable bonds is 3. The summed E-state index contributed by atoms with van der Waals surface area (Å²) in [4.78, 5) is 0. The molecule has 0 aromatic heterocycles. The molecule has 1 aromatic rings. The molecule has 0 aliphatic rings. The van der Waals surface area contributed by atoms with E-state index in [1.54, 1.807) is 0 Å². The van der Waals surface area contributed by atoms with Gasteiger partial charge >= 0.3 is 0 Å². The van der Waals surface area contributed by atoms with Gasteiger partial charge in [0.05, 0.1) is 12.2 Å². The first-order valence-corrected chi connectivity index (χ1v) is 4.83. The second-order valence-corrected chi connectivity index (χ2v) is 3.42. The van der Waals surface area contributed by atoms with Crippen molar-refractivity contribution >= 4 is 0 Å². The van der Waals surface area contributed by atoms with Gasteiger partial charge in [0.2, 0.25) is 0 Å². The van der Waals surface area contributed by atoms with Crippen LogP contribution in [0.15, 0.2) is 12.1 Å². The van der Waals surface area contributed by atoms with Gasteiger partial charge in [-0.1, -0.05) is 13.0 Å². The quantitative estimate of drug-likeness (QED) is 0.732. The van der Waals surface area contributed by atoms with Gasteiger partial charge in [-0.25, -0.2) is 0 Å². The van der Waals surface area contributed by atoms with Crippen LogP contribution >= 0.6 is 0 Å². The van der Waals surface area contributed by atoms with Gasteiger partial charge in [-0.2, -0.15) is 5.26 Å². The Labute approximate surface area is 85.1 Å². The minimum atomic E-state index is 0.657. The Kier molecular flexibility index (Phi) is 3.53. The molecule has 1 aromatic carbocycles. The lowest BCUT2D eigenvalue weighted by Gasteiger charge is -2.09. The second kappa shape index (κ2) is 4.66. The summed E-state index contributed by atoms with van der Waals surface area (Å²) in [6.07, 6.45) is 0.956. The van der Waals surface area contributed by atoms with E-state index in [1.807, 2.05) is 26.0 Å². The van der Waals surface area contributed by atoms with Gasteiger partial charge in [0.1, 0.15) is 11.8 Å². The molecule has 14 heavy (non-hydrogen) atoms. The number of hydrogen-bond donors (Lipinski definition) is 0. The number of nitrogens with zero attached hydrogens (tertiary/aromatic N) is 1. The molecule has 2 heteroatoms. The maximum absolute atomic E-state index is 8.96. The molecule has 0 atom stereocenters. The van der Waals surface area contributed by atoms with Gasteiger partial charge in [-0.15, -0.1) is 0 Å². The molecule has 0 N–H and O–H groups in total. The van der Waals surface area contributed by atoms with Gasteiger partial charge in [-0.05, 0) is 37.5 Å². The maximum atomic E-state index is 8.96. The summed E-state index contributed by atoms with van der Waals surface area (Å²) in [5.41, 5.74) is 2.77. The summed E-state index contributed by atoms with van der Waals surface area (Å²) < 4.78 is 5.52.